The highest BCUT2D eigenvalue weighted by atomic mass is 31.2. The van der Waals surface area contributed by atoms with Gasteiger partial charge in [0.15, 0.2) is 0 Å². The number of carbonyl (C=O) groups is 1. The maximum atomic E-state index is 13.4. The van der Waals surface area contributed by atoms with Crippen molar-refractivity contribution in [2.75, 3.05) is 20.1 Å². The van der Waals surface area contributed by atoms with Crippen LogP contribution in [0.15, 0.2) is 18.2 Å². The summed E-state index contributed by atoms with van der Waals surface area (Å²) in [7, 11) is -2.03. The lowest BCUT2D eigenvalue weighted by Crippen LogP contribution is -2.35. The molecule has 0 heterocycles. The lowest BCUT2D eigenvalue weighted by Gasteiger charge is -2.27. The summed E-state index contributed by atoms with van der Waals surface area (Å²) in [5.74, 6) is 0.513. The van der Waals surface area contributed by atoms with Crippen LogP contribution in [0.1, 0.15) is 64.5 Å². The molecule has 0 fully saturated rings. The van der Waals surface area contributed by atoms with Crippen molar-refractivity contribution < 1.29 is 23.4 Å². The largest absolute Gasteiger partial charge is 0.465 e. The molecule has 0 spiro atoms. The van der Waals surface area contributed by atoms with Gasteiger partial charge in [0.25, 0.3) is 0 Å². The third-order valence-electron chi connectivity index (χ3n) is 3.89. The zero-order valence-corrected chi connectivity index (χ0v) is 17.8. The van der Waals surface area contributed by atoms with Gasteiger partial charge in [-0.05, 0) is 36.8 Å². The van der Waals surface area contributed by atoms with E-state index in [1.807, 2.05) is 18.2 Å². The van der Waals surface area contributed by atoms with Crippen molar-refractivity contribution >= 4 is 13.5 Å². The number of methoxy groups -OCH3 is 1. The van der Waals surface area contributed by atoms with Gasteiger partial charge < -0.3 is 14.0 Å². The van der Waals surface area contributed by atoms with E-state index in [1.54, 1.807) is 13.8 Å². The molecule has 1 rings (SSSR count). The Balaban J connectivity index is 3.24. The van der Waals surface area contributed by atoms with Crippen LogP contribution < -0.4 is 9.61 Å². The van der Waals surface area contributed by atoms with Gasteiger partial charge in [0.1, 0.15) is 18.1 Å². The molecule has 0 saturated carbocycles. The molecule has 7 heteroatoms. The van der Waals surface area contributed by atoms with Crippen LogP contribution in [0, 0.1) is 0 Å². The highest BCUT2D eigenvalue weighted by Gasteiger charge is 2.32. The quantitative estimate of drug-likeness (QED) is 0.467. The van der Waals surface area contributed by atoms with Crippen molar-refractivity contribution in [2.24, 2.45) is 0 Å². The Bertz CT molecular complexity index is 619. The van der Waals surface area contributed by atoms with Crippen molar-refractivity contribution in [3.8, 4) is 5.75 Å². The summed E-state index contributed by atoms with van der Waals surface area (Å²) in [6, 6.07) is 5.15. The SMILES string of the molecule is CCOC(=O)[C@H](C)N[P@@](=O)(COC)Oc1c(C(C)C)cccc1C(C)C. The number of rotatable bonds is 10. The molecule has 1 aromatic carbocycles. The lowest BCUT2D eigenvalue weighted by molar-refractivity contribution is -0.144. The van der Waals surface area contributed by atoms with E-state index in [4.69, 9.17) is 14.0 Å². The molecular weight excluding hydrogens is 353 g/mol. The maximum Gasteiger partial charge on any atom is 0.342 e. The van der Waals surface area contributed by atoms with E-state index in [0.717, 1.165) is 11.1 Å². The number of esters is 1. The molecule has 26 heavy (non-hydrogen) atoms. The van der Waals surface area contributed by atoms with Crippen LogP contribution in [0.2, 0.25) is 0 Å². The van der Waals surface area contributed by atoms with Crippen molar-refractivity contribution in [3.63, 3.8) is 0 Å². The Morgan fingerprint density at radius 1 is 1.12 bits per heavy atom. The van der Waals surface area contributed by atoms with Gasteiger partial charge in [-0.1, -0.05) is 45.9 Å². The van der Waals surface area contributed by atoms with Gasteiger partial charge in [0.05, 0.1) is 6.61 Å². The van der Waals surface area contributed by atoms with E-state index in [0.29, 0.717) is 5.75 Å². The van der Waals surface area contributed by atoms with Gasteiger partial charge in [-0.2, -0.15) is 0 Å². The van der Waals surface area contributed by atoms with Gasteiger partial charge in [-0.25, -0.2) is 5.09 Å². The fourth-order valence-corrected chi connectivity index (χ4v) is 4.33. The Kier molecular flexibility index (Phi) is 8.81. The smallest absolute Gasteiger partial charge is 0.342 e. The molecule has 0 aliphatic heterocycles. The minimum absolute atomic E-state index is 0.152. The van der Waals surface area contributed by atoms with Crippen LogP contribution in [-0.2, 0) is 18.8 Å². The summed E-state index contributed by atoms with van der Waals surface area (Å²) >= 11 is 0. The number of nitrogens with one attached hydrogen (secondary N) is 1. The number of hydrogen-bond acceptors (Lipinski definition) is 5. The zero-order chi connectivity index (χ0) is 19.9. The normalized spacial score (nSPS) is 15.0. The molecule has 0 amide bonds. The van der Waals surface area contributed by atoms with Gasteiger partial charge in [0, 0.05) is 7.11 Å². The molecule has 0 saturated heterocycles. The second-order valence-electron chi connectivity index (χ2n) is 6.86. The van der Waals surface area contributed by atoms with Gasteiger partial charge in [-0.3, -0.25) is 9.36 Å². The van der Waals surface area contributed by atoms with Gasteiger partial charge in [0.2, 0.25) is 0 Å². The highest BCUT2D eigenvalue weighted by molar-refractivity contribution is 7.57. The third-order valence-corrected chi connectivity index (χ3v) is 5.74. The fourth-order valence-electron chi connectivity index (χ4n) is 2.61. The molecule has 0 bridgehead atoms. The van der Waals surface area contributed by atoms with E-state index in [9.17, 15) is 9.36 Å². The van der Waals surface area contributed by atoms with Crippen LogP contribution in [0.4, 0.5) is 0 Å². The fraction of sp³-hybridized carbons (Fsp3) is 0.632. The predicted octanol–water partition coefficient (Wildman–Crippen LogP) is 4.65. The van der Waals surface area contributed by atoms with Crippen LogP contribution in [0.3, 0.4) is 0 Å². The molecule has 0 aliphatic carbocycles. The number of ether oxygens (including phenoxy) is 2. The summed E-state index contributed by atoms with van der Waals surface area (Å²) in [5.41, 5.74) is 1.94. The number of hydrogen-bond donors (Lipinski definition) is 1. The van der Waals surface area contributed by atoms with Crippen LogP contribution in [-0.4, -0.2) is 32.1 Å². The minimum Gasteiger partial charge on any atom is -0.465 e. The molecule has 0 radical (unpaired) electrons. The van der Waals surface area contributed by atoms with Gasteiger partial charge >= 0.3 is 13.5 Å². The Labute approximate surface area is 157 Å². The topological polar surface area (TPSA) is 73.9 Å². The molecule has 0 aliphatic rings. The Morgan fingerprint density at radius 3 is 2.08 bits per heavy atom. The molecule has 0 unspecified atom stereocenters. The molecule has 2 atom stereocenters. The molecule has 1 N–H and O–H groups in total. The van der Waals surface area contributed by atoms with E-state index in [1.165, 1.54) is 7.11 Å². The minimum atomic E-state index is -3.48. The lowest BCUT2D eigenvalue weighted by atomic mass is 9.94. The highest BCUT2D eigenvalue weighted by Crippen LogP contribution is 2.48. The first-order chi connectivity index (χ1) is 12.1. The van der Waals surface area contributed by atoms with Gasteiger partial charge in [-0.15, -0.1) is 0 Å². The van der Waals surface area contributed by atoms with E-state index in [-0.39, 0.29) is 24.8 Å². The first-order valence-corrected chi connectivity index (χ1v) is 10.8. The van der Waals surface area contributed by atoms with Crippen LogP contribution in [0.25, 0.3) is 0 Å². The molecule has 1 aromatic rings. The Hall–Kier alpha value is -1.36. The van der Waals surface area contributed by atoms with Crippen molar-refractivity contribution in [1.82, 2.24) is 5.09 Å². The summed E-state index contributed by atoms with van der Waals surface area (Å²) < 4.78 is 29.5. The second kappa shape index (κ2) is 10.1. The predicted molar refractivity (Wildman–Crippen MR) is 104 cm³/mol. The van der Waals surface area contributed by atoms with Crippen molar-refractivity contribution in [3.05, 3.63) is 29.3 Å². The molecule has 6 nitrogen and oxygen atoms in total. The first kappa shape index (κ1) is 22.7. The molecule has 148 valence electrons. The summed E-state index contributed by atoms with van der Waals surface area (Å²) in [5, 5.41) is 2.79. The van der Waals surface area contributed by atoms with Crippen LogP contribution in [0.5, 0.6) is 5.75 Å². The van der Waals surface area contributed by atoms with Crippen molar-refractivity contribution in [1.29, 1.82) is 0 Å². The average molecular weight is 385 g/mol. The molecular formula is C19H32NO5P. The first-order valence-electron chi connectivity index (χ1n) is 9.00. The summed E-state index contributed by atoms with van der Waals surface area (Å²) in [6.07, 6.45) is -0.152. The van der Waals surface area contributed by atoms with Crippen molar-refractivity contribution in [2.45, 2.75) is 59.4 Å². The van der Waals surface area contributed by atoms with E-state index < -0.39 is 19.5 Å². The van der Waals surface area contributed by atoms with Crippen LogP contribution >= 0.6 is 7.52 Å². The van der Waals surface area contributed by atoms with E-state index in [2.05, 4.69) is 32.8 Å². The number of benzene rings is 1. The zero-order valence-electron chi connectivity index (χ0n) is 16.9. The summed E-state index contributed by atoms with van der Waals surface area (Å²) in [4.78, 5) is 11.9. The average Bonchev–Trinajstić information content (AvgIpc) is 2.54. The standard InChI is InChI=1S/C19H32NO5P/c1-8-24-19(21)15(6)20-26(22,12-23-7)25-18-16(13(2)3)10-9-11-17(18)14(4)5/h9-11,13-15H,8,12H2,1-7H3,(H,20,22)/t15-,26+/m0/s1. The monoisotopic (exact) mass is 385 g/mol. The van der Waals surface area contributed by atoms with E-state index >= 15 is 0 Å². The maximum absolute atomic E-state index is 13.4. The summed E-state index contributed by atoms with van der Waals surface area (Å²) in [6.45, 7) is 11.8. The number of para-hydroxylation sites is 1. The second-order valence-corrected chi connectivity index (χ2v) is 8.91. The number of carbonyl (C=O) groups excluding carboxylic acids is 1. The Morgan fingerprint density at radius 2 is 1.65 bits per heavy atom. The third kappa shape index (κ3) is 6.11. The molecule has 0 aromatic heterocycles.